The van der Waals surface area contributed by atoms with Gasteiger partial charge in [-0.15, -0.1) is 0 Å². The van der Waals surface area contributed by atoms with Crippen LogP contribution in [0.3, 0.4) is 0 Å². The zero-order chi connectivity index (χ0) is 10.5. The Balaban J connectivity index is 1.74. The molecule has 2 nitrogen and oxygen atoms in total. The molecular weight excluding hydrogens is 207 g/mol. The molecule has 0 aliphatic heterocycles. The normalized spacial score (nSPS) is 27.7. The Hall–Kier alpha value is 0.190. The highest BCUT2D eigenvalue weighted by molar-refractivity contribution is 7.40. The summed E-state index contributed by atoms with van der Waals surface area (Å²) in [6, 6.07) is 0. The molecule has 1 atom stereocenters. The average Bonchev–Trinajstić information content (AvgIpc) is 2.31. The van der Waals surface area contributed by atoms with Crippen molar-refractivity contribution in [1.82, 2.24) is 0 Å². The highest BCUT2D eigenvalue weighted by atomic mass is 31.1. The van der Waals surface area contributed by atoms with E-state index in [0.717, 1.165) is 25.7 Å². The van der Waals surface area contributed by atoms with Crippen molar-refractivity contribution in [3.8, 4) is 0 Å². The Labute approximate surface area is 93.6 Å². The van der Waals surface area contributed by atoms with E-state index in [-0.39, 0.29) is 0 Å². The standard InChI is InChI=1S/C12H23O2P/c13-15(12-9-5-2-6-10-12)14-11-7-3-1-4-8-11/h11-12,15H,1-10H2. The van der Waals surface area contributed by atoms with Crippen molar-refractivity contribution < 1.29 is 9.09 Å². The van der Waals surface area contributed by atoms with Crippen LogP contribution >= 0.6 is 8.03 Å². The predicted octanol–water partition coefficient (Wildman–Crippen LogP) is 4.14. The van der Waals surface area contributed by atoms with Crippen LogP contribution in [0.15, 0.2) is 0 Å². The SMILES string of the molecule is O=[PH](OC1CCCCC1)C1CCCCC1. The Morgan fingerprint density at radius 1 is 0.800 bits per heavy atom. The molecule has 15 heavy (non-hydrogen) atoms. The van der Waals surface area contributed by atoms with Gasteiger partial charge in [-0.1, -0.05) is 38.5 Å². The van der Waals surface area contributed by atoms with Crippen molar-refractivity contribution in [3.63, 3.8) is 0 Å². The summed E-state index contributed by atoms with van der Waals surface area (Å²) in [6.07, 6.45) is 12.6. The first kappa shape index (κ1) is 11.7. The van der Waals surface area contributed by atoms with Gasteiger partial charge < -0.3 is 4.52 Å². The van der Waals surface area contributed by atoms with Crippen LogP contribution in [0, 0.1) is 0 Å². The molecule has 2 aliphatic carbocycles. The van der Waals surface area contributed by atoms with Gasteiger partial charge in [0.2, 0.25) is 0 Å². The second-order valence-electron chi connectivity index (χ2n) is 5.03. The minimum absolute atomic E-state index is 0.326. The summed E-state index contributed by atoms with van der Waals surface area (Å²) in [5.74, 6) is 0. The fraction of sp³-hybridized carbons (Fsp3) is 1.00. The zero-order valence-electron chi connectivity index (χ0n) is 9.54. The summed E-state index contributed by atoms with van der Waals surface area (Å²) < 4.78 is 17.8. The van der Waals surface area contributed by atoms with Crippen LogP contribution in [0.5, 0.6) is 0 Å². The molecule has 2 saturated carbocycles. The molecule has 0 radical (unpaired) electrons. The van der Waals surface area contributed by atoms with E-state index in [2.05, 4.69) is 0 Å². The minimum atomic E-state index is -1.74. The smallest absolute Gasteiger partial charge is 0.194 e. The van der Waals surface area contributed by atoms with Gasteiger partial charge in [0.25, 0.3) is 0 Å². The van der Waals surface area contributed by atoms with E-state index in [1.807, 2.05) is 0 Å². The van der Waals surface area contributed by atoms with E-state index >= 15 is 0 Å². The molecule has 2 aliphatic rings. The van der Waals surface area contributed by atoms with Crippen LogP contribution in [0.4, 0.5) is 0 Å². The van der Waals surface area contributed by atoms with Crippen LogP contribution in [0.1, 0.15) is 64.2 Å². The molecule has 2 rings (SSSR count). The van der Waals surface area contributed by atoms with Gasteiger partial charge in [0.05, 0.1) is 6.10 Å². The molecule has 88 valence electrons. The molecule has 0 heterocycles. The Morgan fingerprint density at radius 2 is 1.33 bits per heavy atom. The third-order valence-electron chi connectivity index (χ3n) is 3.77. The molecule has 2 fully saturated rings. The fourth-order valence-electron chi connectivity index (χ4n) is 2.78. The molecule has 0 aromatic rings. The molecular formula is C12H23O2P. The van der Waals surface area contributed by atoms with Gasteiger partial charge in [-0.25, -0.2) is 0 Å². The van der Waals surface area contributed by atoms with E-state index in [1.54, 1.807) is 0 Å². The number of rotatable bonds is 3. The summed E-state index contributed by atoms with van der Waals surface area (Å²) in [4.78, 5) is 0. The molecule has 0 N–H and O–H groups in total. The Morgan fingerprint density at radius 3 is 1.93 bits per heavy atom. The third kappa shape index (κ3) is 3.60. The number of hydrogen-bond donors (Lipinski definition) is 0. The van der Waals surface area contributed by atoms with Crippen LogP contribution in [0.25, 0.3) is 0 Å². The fourth-order valence-corrected chi connectivity index (χ4v) is 4.42. The van der Waals surface area contributed by atoms with E-state index in [0.29, 0.717) is 11.8 Å². The molecule has 0 aromatic carbocycles. The molecule has 1 unspecified atom stereocenters. The maximum Gasteiger partial charge on any atom is 0.194 e. The molecule has 0 bridgehead atoms. The monoisotopic (exact) mass is 230 g/mol. The first-order valence-corrected chi connectivity index (χ1v) is 7.96. The highest BCUT2D eigenvalue weighted by Gasteiger charge is 2.23. The molecule has 0 aromatic heterocycles. The maximum atomic E-state index is 12.0. The van der Waals surface area contributed by atoms with Gasteiger partial charge >= 0.3 is 0 Å². The number of hydrogen-bond acceptors (Lipinski definition) is 2. The second-order valence-corrected chi connectivity index (χ2v) is 6.72. The minimum Gasteiger partial charge on any atom is -0.327 e. The molecule has 3 heteroatoms. The van der Waals surface area contributed by atoms with Gasteiger partial charge in [0.1, 0.15) is 0 Å². The van der Waals surface area contributed by atoms with Gasteiger partial charge in [-0.2, -0.15) is 0 Å². The van der Waals surface area contributed by atoms with Crippen molar-refractivity contribution in [1.29, 1.82) is 0 Å². The maximum absolute atomic E-state index is 12.0. The summed E-state index contributed by atoms with van der Waals surface area (Å²) >= 11 is 0. The van der Waals surface area contributed by atoms with Crippen LogP contribution in [-0.2, 0) is 9.09 Å². The van der Waals surface area contributed by atoms with E-state index in [9.17, 15) is 4.57 Å². The van der Waals surface area contributed by atoms with Gasteiger partial charge in [0, 0.05) is 5.66 Å². The lowest BCUT2D eigenvalue weighted by molar-refractivity contribution is 0.161. The zero-order valence-corrected chi connectivity index (χ0v) is 10.5. The van der Waals surface area contributed by atoms with Crippen molar-refractivity contribution in [3.05, 3.63) is 0 Å². The van der Waals surface area contributed by atoms with Crippen molar-refractivity contribution in [2.45, 2.75) is 76.0 Å². The lowest BCUT2D eigenvalue weighted by atomic mass is 9.98. The summed E-state index contributed by atoms with van der Waals surface area (Å²) in [7, 11) is -1.74. The highest BCUT2D eigenvalue weighted by Crippen LogP contribution is 2.42. The topological polar surface area (TPSA) is 26.3 Å². The summed E-state index contributed by atoms with van der Waals surface area (Å²) in [5, 5.41) is 0. The molecule has 0 amide bonds. The van der Waals surface area contributed by atoms with Gasteiger partial charge in [0.15, 0.2) is 8.03 Å². The average molecular weight is 230 g/mol. The first-order chi connectivity index (χ1) is 7.36. The Kier molecular flexibility index (Phi) is 4.71. The lowest BCUT2D eigenvalue weighted by Gasteiger charge is -2.26. The predicted molar refractivity (Wildman–Crippen MR) is 63.8 cm³/mol. The van der Waals surface area contributed by atoms with Crippen LogP contribution in [0.2, 0.25) is 0 Å². The van der Waals surface area contributed by atoms with Crippen LogP contribution < -0.4 is 0 Å². The van der Waals surface area contributed by atoms with Gasteiger partial charge in [-0.3, -0.25) is 4.57 Å². The molecule has 0 spiro atoms. The quantitative estimate of drug-likeness (QED) is 0.681. The largest absolute Gasteiger partial charge is 0.327 e. The lowest BCUT2D eigenvalue weighted by Crippen LogP contribution is -2.16. The van der Waals surface area contributed by atoms with E-state index in [4.69, 9.17) is 4.52 Å². The molecule has 0 saturated heterocycles. The Bertz CT molecular complexity index is 206. The van der Waals surface area contributed by atoms with Crippen molar-refractivity contribution in [2.24, 2.45) is 0 Å². The first-order valence-electron chi connectivity index (χ1n) is 6.57. The van der Waals surface area contributed by atoms with E-state index in [1.165, 1.54) is 38.5 Å². The van der Waals surface area contributed by atoms with Crippen molar-refractivity contribution in [2.75, 3.05) is 0 Å². The van der Waals surface area contributed by atoms with E-state index < -0.39 is 8.03 Å². The summed E-state index contributed by atoms with van der Waals surface area (Å²) in [5.41, 5.74) is 0.408. The second kappa shape index (κ2) is 6.06. The third-order valence-corrected chi connectivity index (χ3v) is 5.58. The van der Waals surface area contributed by atoms with Gasteiger partial charge in [-0.05, 0) is 25.7 Å². The van der Waals surface area contributed by atoms with Crippen LogP contribution in [-0.4, -0.2) is 11.8 Å². The summed E-state index contributed by atoms with van der Waals surface area (Å²) in [6.45, 7) is 0. The van der Waals surface area contributed by atoms with Crippen molar-refractivity contribution >= 4 is 8.03 Å².